The summed E-state index contributed by atoms with van der Waals surface area (Å²) in [5.41, 5.74) is -0.252. The van der Waals surface area contributed by atoms with Crippen molar-refractivity contribution in [1.29, 1.82) is 0 Å². The first-order valence-electron chi connectivity index (χ1n) is 5.84. The Bertz CT molecular complexity index is 820. The summed E-state index contributed by atoms with van der Waals surface area (Å²) in [4.78, 5) is 15.1. The van der Waals surface area contributed by atoms with Gasteiger partial charge in [-0.05, 0) is 17.5 Å². The number of ketones is 1. The normalized spacial score (nSPS) is 11.8. The Labute approximate surface area is 116 Å². The van der Waals surface area contributed by atoms with E-state index in [2.05, 4.69) is 15.3 Å². The van der Waals surface area contributed by atoms with Gasteiger partial charge in [-0.15, -0.1) is 5.10 Å². The number of aromatic nitrogens is 4. The maximum Gasteiger partial charge on any atom is 0.456 e. The van der Waals surface area contributed by atoms with Crippen LogP contribution in [0.25, 0.3) is 16.5 Å². The van der Waals surface area contributed by atoms with Crippen LogP contribution in [-0.4, -0.2) is 31.9 Å². The van der Waals surface area contributed by atoms with Crippen LogP contribution in [0.1, 0.15) is 10.5 Å². The first-order chi connectivity index (χ1) is 9.97. The molecule has 0 atom stereocenters. The fraction of sp³-hybridized carbons (Fsp3) is 0.0769. The Kier molecular flexibility index (Phi) is 2.93. The molecule has 0 radical (unpaired) electrons. The lowest BCUT2D eigenvalue weighted by molar-refractivity contribution is -0.0888. The summed E-state index contributed by atoms with van der Waals surface area (Å²) in [6, 6.07) is 6.97. The largest absolute Gasteiger partial charge is 0.456 e. The van der Waals surface area contributed by atoms with Crippen molar-refractivity contribution >= 4 is 16.6 Å². The van der Waals surface area contributed by atoms with E-state index in [0.29, 0.717) is 11.1 Å². The molecule has 0 saturated heterocycles. The van der Waals surface area contributed by atoms with E-state index >= 15 is 0 Å². The minimum absolute atomic E-state index is 0.495. The summed E-state index contributed by atoms with van der Waals surface area (Å²) < 4.78 is 38.2. The van der Waals surface area contributed by atoms with Crippen LogP contribution < -0.4 is 0 Å². The van der Waals surface area contributed by atoms with E-state index in [1.807, 2.05) is 6.07 Å². The van der Waals surface area contributed by atoms with Crippen molar-refractivity contribution in [2.75, 3.05) is 0 Å². The second-order valence-corrected chi connectivity index (χ2v) is 4.25. The highest BCUT2D eigenvalue weighted by molar-refractivity contribution is 5.98. The molecule has 3 rings (SSSR count). The summed E-state index contributed by atoms with van der Waals surface area (Å²) in [6.07, 6.45) is -0.845. The van der Waals surface area contributed by atoms with Crippen molar-refractivity contribution in [2.24, 2.45) is 0 Å². The van der Waals surface area contributed by atoms with Gasteiger partial charge in [0.05, 0.1) is 11.9 Å². The monoisotopic (exact) mass is 292 g/mol. The van der Waals surface area contributed by atoms with Crippen LogP contribution in [0.3, 0.4) is 0 Å². The molecule has 0 aliphatic rings. The number of carbonyl (C=O) groups excluding carboxylic acids is 1. The number of fused-ring (bicyclic) bond motifs is 1. The first-order valence-corrected chi connectivity index (χ1v) is 5.84. The van der Waals surface area contributed by atoms with Gasteiger partial charge in [0.1, 0.15) is 0 Å². The van der Waals surface area contributed by atoms with Crippen LogP contribution >= 0.6 is 0 Å². The zero-order valence-corrected chi connectivity index (χ0v) is 10.4. The van der Waals surface area contributed by atoms with E-state index < -0.39 is 17.7 Å². The summed E-state index contributed by atoms with van der Waals surface area (Å²) in [5.74, 6) is -2.02. The summed E-state index contributed by atoms with van der Waals surface area (Å²) in [5, 5.41) is 8.42. The number of benzene rings is 1. The van der Waals surface area contributed by atoms with Crippen LogP contribution in [0.5, 0.6) is 0 Å². The predicted molar refractivity (Wildman–Crippen MR) is 67.0 cm³/mol. The molecule has 8 heteroatoms. The molecule has 0 spiro atoms. The van der Waals surface area contributed by atoms with E-state index in [0.717, 1.165) is 16.3 Å². The quantitative estimate of drug-likeness (QED) is 0.681. The Morgan fingerprint density at radius 3 is 2.76 bits per heavy atom. The number of pyridine rings is 1. The van der Waals surface area contributed by atoms with E-state index in [4.69, 9.17) is 0 Å². The van der Waals surface area contributed by atoms with Crippen molar-refractivity contribution in [3.05, 3.63) is 48.5 Å². The molecular formula is C13H7F3N4O. The second kappa shape index (κ2) is 4.65. The SMILES string of the molecule is O=C(c1cn(-c2cccc3ccncc23)nn1)C(F)(F)F. The maximum absolute atomic E-state index is 12.4. The molecule has 0 unspecified atom stereocenters. The number of nitrogens with zero attached hydrogens (tertiary/aromatic N) is 4. The van der Waals surface area contributed by atoms with Crippen molar-refractivity contribution in [2.45, 2.75) is 6.18 Å². The molecule has 2 aromatic heterocycles. The number of alkyl halides is 3. The molecule has 0 fully saturated rings. The lowest BCUT2D eigenvalue weighted by atomic mass is 10.1. The van der Waals surface area contributed by atoms with Gasteiger partial charge in [0.2, 0.25) is 0 Å². The van der Waals surface area contributed by atoms with Crippen molar-refractivity contribution < 1.29 is 18.0 Å². The van der Waals surface area contributed by atoms with E-state index in [-0.39, 0.29) is 0 Å². The molecule has 106 valence electrons. The molecule has 1 aromatic carbocycles. The third kappa shape index (κ3) is 2.35. The van der Waals surface area contributed by atoms with Crippen molar-refractivity contribution in [3.8, 4) is 5.69 Å². The van der Waals surface area contributed by atoms with Gasteiger partial charge >= 0.3 is 6.18 Å². The number of hydrogen-bond donors (Lipinski definition) is 0. The lowest BCUT2D eigenvalue weighted by Crippen LogP contribution is -2.23. The fourth-order valence-corrected chi connectivity index (χ4v) is 1.93. The fourth-order valence-electron chi connectivity index (χ4n) is 1.93. The van der Waals surface area contributed by atoms with Crippen LogP contribution in [0.2, 0.25) is 0 Å². The molecule has 0 amide bonds. The molecule has 0 saturated carbocycles. The third-order valence-corrected chi connectivity index (χ3v) is 2.89. The molecule has 21 heavy (non-hydrogen) atoms. The molecule has 5 nitrogen and oxygen atoms in total. The summed E-state index contributed by atoms with van der Waals surface area (Å²) >= 11 is 0. The number of Topliss-reactive ketones (excluding diaryl/α,β-unsaturated/α-hetero) is 1. The van der Waals surface area contributed by atoms with Crippen LogP contribution in [-0.2, 0) is 0 Å². The van der Waals surface area contributed by atoms with Gasteiger partial charge < -0.3 is 0 Å². The topological polar surface area (TPSA) is 60.7 Å². The lowest BCUT2D eigenvalue weighted by Gasteiger charge is -2.04. The Morgan fingerprint density at radius 1 is 1.19 bits per heavy atom. The number of carbonyl (C=O) groups is 1. The van der Waals surface area contributed by atoms with Crippen LogP contribution in [0, 0.1) is 0 Å². The number of halogens is 3. The average Bonchev–Trinajstić information content (AvgIpc) is 2.94. The van der Waals surface area contributed by atoms with E-state index in [9.17, 15) is 18.0 Å². The highest BCUT2D eigenvalue weighted by atomic mass is 19.4. The predicted octanol–water partition coefficient (Wildman–Crippen LogP) is 2.56. The third-order valence-electron chi connectivity index (χ3n) is 2.89. The number of rotatable bonds is 2. The molecule has 3 aromatic rings. The van der Waals surface area contributed by atoms with Crippen molar-refractivity contribution in [1.82, 2.24) is 20.0 Å². The van der Waals surface area contributed by atoms with Crippen LogP contribution in [0.15, 0.2) is 42.9 Å². The van der Waals surface area contributed by atoms with E-state index in [1.54, 1.807) is 30.6 Å². The Hall–Kier alpha value is -2.77. The second-order valence-electron chi connectivity index (χ2n) is 4.25. The minimum Gasteiger partial charge on any atom is -0.282 e. The zero-order valence-electron chi connectivity index (χ0n) is 10.4. The van der Waals surface area contributed by atoms with Gasteiger partial charge in [0.25, 0.3) is 5.78 Å². The summed E-state index contributed by atoms with van der Waals surface area (Å²) in [7, 11) is 0. The van der Waals surface area contributed by atoms with Gasteiger partial charge in [-0.25, -0.2) is 4.68 Å². The van der Waals surface area contributed by atoms with Gasteiger partial charge in [-0.1, -0.05) is 17.3 Å². The molecule has 0 aliphatic carbocycles. The highest BCUT2D eigenvalue weighted by Crippen LogP contribution is 2.23. The van der Waals surface area contributed by atoms with Gasteiger partial charge in [-0.3, -0.25) is 9.78 Å². The van der Waals surface area contributed by atoms with Gasteiger partial charge in [-0.2, -0.15) is 13.2 Å². The highest BCUT2D eigenvalue weighted by Gasteiger charge is 2.41. The summed E-state index contributed by atoms with van der Waals surface area (Å²) in [6.45, 7) is 0. The average molecular weight is 292 g/mol. The molecule has 0 bridgehead atoms. The standard InChI is InChI=1S/C13H7F3N4O/c14-13(15,16)12(21)10-7-20(19-18-10)11-3-1-2-8-4-5-17-6-9(8)11/h1-7H. The van der Waals surface area contributed by atoms with Crippen molar-refractivity contribution in [3.63, 3.8) is 0 Å². The Morgan fingerprint density at radius 2 is 2.00 bits per heavy atom. The molecule has 0 N–H and O–H groups in total. The zero-order chi connectivity index (χ0) is 15.0. The minimum atomic E-state index is -4.97. The van der Waals surface area contributed by atoms with Gasteiger partial charge in [0, 0.05) is 17.8 Å². The Balaban J connectivity index is 2.09. The smallest absolute Gasteiger partial charge is 0.282 e. The molecular weight excluding hydrogens is 285 g/mol. The van der Waals surface area contributed by atoms with E-state index in [1.165, 1.54) is 0 Å². The van der Waals surface area contributed by atoms with Gasteiger partial charge in [0.15, 0.2) is 5.69 Å². The maximum atomic E-state index is 12.4. The molecule has 2 heterocycles. The molecule has 0 aliphatic heterocycles. The van der Waals surface area contributed by atoms with Crippen LogP contribution in [0.4, 0.5) is 13.2 Å². The number of hydrogen-bond acceptors (Lipinski definition) is 4. The first kappa shape index (κ1) is 13.2.